The van der Waals surface area contributed by atoms with Crippen molar-refractivity contribution >= 4 is 5.91 Å². The minimum Gasteiger partial charge on any atom is -0.379 e. The molecule has 3 aliphatic rings. The first-order valence-electron chi connectivity index (χ1n) is 9.26. The van der Waals surface area contributed by atoms with Crippen molar-refractivity contribution in [3.63, 3.8) is 0 Å². The van der Waals surface area contributed by atoms with E-state index in [1.807, 2.05) is 11.8 Å². The molecular formula is C18H26N4O3. The fourth-order valence-electron chi connectivity index (χ4n) is 4.56. The van der Waals surface area contributed by atoms with Gasteiger partial charge in [0.15, 0.2) is 0 Å². The number of likely N-dealkylation sites (tertiary alicyclic amines) is 1. The first-order chi connectivity index (χ1) is 12.1. The van der Waals surface area contributed by atoms with Gasteiger partial charge in [0.1, 0.15) is 5.82 Å². The number of carbonyl (C=O) groups excluding carboxylic acids is 1. The number of hydrogen-bond acceptors (Lipinski definition) is 5. The van der Waals surface area contributed by atoms with Crippen molar-refractivity contribution in [2.45, 2.75) is 38.0 Å². The van der Waals surface area contributed by atoms with Crippen LogP contribution in [0.5, 0.6) is 0 Å². The van der Waals surface area contributed by atoms with Crippen molar-refractivity contribution < 1.29 is 9.53 Å². The van der Waals surface area contributed by atoms with Crippen LogP contribution in [-0.4, -0.2) is 71.6 Å². The maximum Gasteiger partial charge on any atom is 0.254 e. The molecule has 1 atom stereocenters. The summed E-state index contributed by atoms with van der Waals surface area (Å²) in [5.74, 6) is 0.859. The molecule has 1 aromatic heterocycles. The number of fused-ring (bicyclic) bond motifs is 2. The smallest absolute Gasteiger partial charge is 0.254 e. The molecule has 3 heterocycles. The van der Waals surface area contributed by atoms with Crippen molar-refractivity contribution in [1.29, 1.82) is 0 Å². The number of ether oxygens (including phenoxy) is 1. The van der Waals surface area contributed by atoms with Crippen LogP contribution in [0.15, 0.2) is 4.79 Å². The van der Waals surface area contributed by atoms with Crippen LogP contribution in [0.1, 0.15) is 36.3 Å². The van der Waals surface area contributed by atoms with Crippen molar-refractivity contribution in [3.05, 3.63) is 27.4 Å². The molecule has 1 spiro atoms. The number of nitrogens with zero attached hydrogens (tertiary/aromatic N) is 3. The van der Waals surface area contributed by atoms with Crippen LogP contribution in [0.3, 0.4) is 0 Å². The topological polar surface area (TPSA) is 78.5 Å². The van der Waals surface area contributed by atoms with Gasteiger partial charge in [-0.05, 0) is 32.6 Å². The van der Waals surface area contributed by atoms with E-state index >= 15 is 0 Å². The summed E-state index contributed by atoms with van der Waals surface area (Å²) in [6.45, 7) is 6.86. The average Bonchev–Trinajstić information content (AvgIpc) is 2.94. The van der Waals surface area contributed by atoms with Gasteiger partial charge in [-0.3, -0.25) is 14.5 Å². The number of piperidine rings is 1. The van der Waals surface area contributed by atoms with Gasteiger partial charge in [0.05, 0.1) is 25.5 Å². The van der Waals surface area contributed by atoms with Crippen LogP contribution in [0.2, 0.25) is 0 Å². The van der Waals surface area contributed by atoms with Crippen LogP contribution in [0.25, 0.3) is 0 Å². The van der Waals surface area contributed by atoms with Gasteiger partial charge < -0.3 is 14.6 Å². The number of aryl methyl sites for hydroxylation is 1. The third kappa shape index (κ3) is 3.11. The molecule has 2 fully saturated rings. The highest BCUT2D eigenvalue weighted by Crippen LogP contribution is 2.42. The third-order valence-electron chi connectivity index (χ3n) is 5.88. The van der Waals surface area contributed by atoms with Crippen molar-refractivity contribution in [2.24, 2.45) is 0 Å². The molecule has 1 N–H and O–H groups in total. The lowest BCUT2D eigenvalue weighted by Gasteiger charge is -2.41. The van der Waals surface area contributed by atoms with Gasteiger partial charge in [0, 0.05) is 37.2 Å². The maximum atomic E-state index is 12.8. The number of H-pyrrole nitrogens is 1. The lowest BCUT2D eigenvalue weighted by Crippen LogP contribution is -2.51. The largest absolute Gasteiger partial charge is 0.379 e. The Morgan fingerprint density at radius 2 is 2.08 bits per heavy atom. The molecular weight excluding hydrogens is 320 g/mol. The quantitative estimate of drug-likeness (QED) is 0.829. The highest BCUT2D eigenvalue weighted by molar-refractivity contribution is 5.78. The summed E-state index contributed by atoms with van der Waals surface area (Å²) in [5.41, 5.74) is 1.63. The number of hydrogen-bond donors (Lipinski definition) is 1. The average molecular weight is 346 g/mol. The molecule has 1 unspecified atom stereocenters. The fourth-order valence-corrected chi connectivity index (χ4v) is 4.56. The zero-order valence-corrected chi connectivity index (χ0v) is 14.8. The van der Waals surface area contributed by atoms with Crippen LogP contribution < -0.4 is 5.56 Å². The normalized spacial score (nSPS) is 26.8. The van der Waals surface area contributed by atoms with Crippen molar-refractivity contribution in [2.75, 3.05) is 45.9 Å². The number of carbonyl (C=O) groups is 1. The molecule has 1 aromatic rings. The molecule has 0 radical (unpaired) electrons. The summed E-state index contributed by atoms with van der Waals surface area (Å²) < 4.78 is 5.36. The Hall–Kier alpha value is -1.73. The van der Waals surface area contributed by atoms with E-state index in [1.54, 1.807) is 0 Å². The Morgan fingerprint density at radius 3 is 2.88 bits per heavy atom. The van der Waals surface area contributed by atoms with Gasteiger partial charge in [-0.1, -0.05) is 0 Å². The van der Waals surface area contributed by atoms with E-state index in [0.717, 1.165) is 56.6 Å². The SMILES string of the molecule is Cc1nc2c(c(=O)[nH]1)CCC21CCCN(C(=O)CN2CCOCC2)C1. The monoisotopic (exact) mass is 346 g/mol. The molecule has 0 saturated carbocycles. The summed E-state index contributed by atoms with van der Waals surface area (Å²) in [6, 6.07) is 0. The minimum atomic E-state index is -0.132. The van der Waals surface area contributed by atoms with Crippen molar-refractivity contribution in [3.8, 4) is 0 Å². The van der Waals surface area contributed by atoms with E-state index in [4.69, 9.17) is 4.74 Å². The second-order valence-corrected chi connectivity index (χ2v) is 7.57. The van der Waals surface area contributed by atoms with Gasteiger partial charge in [0.2, 0.25) is 5.91 Å². The highest BCUT2D eigenvalue weighted by atomic mass is 16.5. The summed E-state index contributed by atoms with van der Waals surface area (Å²) in [4.78, 5) is 36.7. The third-order valence-corrected chi connectivity index (χ3v) is 5.88. The van der Waals surface area contributed by atoms with E-state index in [1.165, 1.54) is 0 Å². The lowest BCUT2D eigenvalue weighted by molar-refractivity contribution is -0.135. The molecule has 1 aliphatic carbocycles. The second-order valence-electron chi connectivity index (χ2n) is 7.57. The molecule has 25 heavy (non-hydrogen) atoms. The number of nitrogens with one attached hydrogen (secondary N) is 1. The van der Waals surface area contributed by atoms with Crippen LogP contribution in [0, 0.1) is 6.92 Å². The van der Waals surface area contributed by atoms with Crippen LogP contribution in [0.4, 0.5) is 0 Å². The predicted molar refractivity (Wildman–Crippen MR) is 92.7 cm³/mol. The minimum absolute atomic E-state index is 0.00357. The Bertz CT molecular complexity index is 726. The van der Waals surface area contributed by atoms with Crippen molar-refractivity contribution in [1.82, 2.24) is 19.8 Å². The predicted octanol–water partition coefficient (Wildman–Crippen LogP) is 0.217. The van der Waals surface area contributed by atoms with E-state index in [2.05, 4.69) is 14.9 Å². The van der Waals surface area contributed by atoms with E-state index < -0.39 is 0 Å². The van der Waals surface area contributed by atoms with Gasteiger partial charge in [0.25, 0.3) is 5.56 Å². The number of aromatic amines is 1. The second kappa shape index (κ2) is 6.53. The first-order valence-corrected chi connectivity index (χ1v) is 9.26. The summed E-state index contributed by atoms with van der Waals surface area (Å²) in [5, 5.41) is 0. The zero-order chi connectivity index (χ0) is 17.4. The lowest BCUT2D eigenvalue weighted by atomic mass is 9.77. The maximum absolute atomic E-state index is 12.8. The number of morpholine rings is 1. The number of amides is 1. The summed E-state index contributed by atoms with van der Waals surface area (Å²) in [7, 11) is 0. The molecule has 2 aliphatic heterocycles. The summed E-state index contributed by atoms with van der Waals surface area (Å²) in [6.07, 6.45) is 3.67. The molecule has 1 amide bonds. The van der Waals surface area contributed by atoms with Gasteiger partial charge >= 0.3 is 0 Å². The van der Waals surface area contributed by atoms with E-state index in [-0.39, 0.29) is 16.9 Å². The Balaban J connectivity index is 1.52. The van der Waals surface area contributed by atoms with E-state index in [9.17, 15) is 9.59 Å². The number of aromatic nitrogens is 2. The molecule has 0 bridgehead atoms. The fraction of sp³-hybridized carbons (Fsp3) is 0.722. The molecule has 0 aromatic carbocycles. The van der Waals surface area contributed by atoms with Crippen LogP contribution >= 0.6 is 0 Å². The Kier molecular flexibility index (Phi) is 4.37. The Labute approximate surface area is 147 Å². The van der Waals surface area contributed by atoms with Crippen LogP contribution in [-0.2, 0) is 21.4 Å². The summed E-state index contributed by atoms with van der Waals surface area (Å²) >= 11 is 0. The first kappa shape index (κ1) is 16.7. The van der Waals surface area contributed by atoms with Gasteiger partial charge in [-0.15, -0.1) is 0 Å². The van der Waals surface area contributed by atoms with Gasteiger partial charge in [-0.2, -0.15) is 0 Å². The molecule has 2 saturated heterocycles. The number of rotatable bonds is 2. The molecule has 136 valence electrons. The zero-order valence-electron chi connectivity index (χ0n) is 14.8. The molecule has 7 heteroatoms. The standard InChI is InChI=1S/C18H26N4O3/c1-13-19-16-14(17(24)20-13)3-5-18(16)4-2-6-22(12-18)15(23)11-21-7-9-25-10-8-21/h2-12H2,1H3,(H,19,20,24). The van der Waals surface area contributed by atoms with E-state index in [0.29, 0.717) is 32.1 Å². The Morgan fingerprint density at radius 1 is 1.28 bits per heavy atom. The molecule has 4 rings (SSSR count). The highest BCUT2D eigenvalue weighted by Gasteiger charge is 2.45. The molecule has 7 nitrogen and oxygen atoms in total. The van der Waals surface area contributed by atoms with Gasteiger partial charge in [-0.25, -0.2) is 4.98 Å².